The zero-order valence-corrected chi connectivity index (χ0v) is 8.48. The molecule has 3 atom stereocenters. The molecule has 2 aliphatic heterocycles. The summed E-state index contributed by atoms with van der Waals surface area (Å²) in [6, 6.07) is -0.291. The summed E-state index contributed by atoms with van der Waals surface area (Å²) in [5.41, 5.74) is 0. The van der Waals surface area contributed by atoms with Crippen LogP contribution in [-0.2, 0) is 9.53 Å². The fourth-order valence-corrected chi connectivity index (χ4v) is 2.57. The van der Waals surface area contributed by atoms with Gasteiger partial charge in [-0.05, 0) is 6.42 Å². The molecule has 0 spiro atoms. The van der Waals surface area contributed by atoms with E-state index in [2.05, 4.69) is 4.90 Å². The van der Waals surface area contributed by atoms with Gasteiger partial charge in [-0.25, -0.2) is 0 Å². The number of rotatable bonds is 3. The predicted octanol–water partition coefficient (Wildman–Crippen LogP) is 0.428. The Morgan fingerprint density at radius 2 is 2.07 bits per heavy atom. The molecule has 2 rings (SSSR count). The van der Waals surface area contributed by atoms with E-state index in [0.717, 1.165) is 26.3 Å². The molecule has 4 nitrogen and oxygen atoms in total. The first-order valence-electron chi connectivity index (χ1n) is 5.27. The van der Waals surface area contributed by atoms with E-state index in [-0.39, 0.29) is 6.04 Å². The van der Waals surface area contributed by atoms with Crippen LogP contribution in [0.5, 0.6) is 0 Å². The second kappa shape index (κ2) is 3.87. The minimum atomic E-state index is -0.687. The van der Waals surface area contributed by atoms with Gasteiger partial charge in [-0.1, -0.05) is 6.92 Å². The van der Waals surface area contributed by atoms with Crippen LogP contribution in [0.1, 0.15) is 13.3 Å². The van der Waals surface area contributed by atoms with E-state index in [4.69, 9.17) is 9.84 Å². The molecule has 2 saturated heterocycles. The fourth-order valence-electron chi connectivity index (χ4n) is 2.57. The molecule has 0 aliphatic carbocycles. The van der Waals surface area contributed by atoms with Gasteiger partial charge in [-0.3, -0.25) is 9.69 Å². The Bertz CT molecular complexity index is 219. The number of fused-ring (bicyclic) bond motifs is 1. The molecule has 14 heavy (non-hydrogen) atoms. The number of likely N-dealkylation sites (tertiary alicyclic amines) is 1. The van der Waals surface area contributed by atoms with Crippen LogP contribution in [0.4, 0.5) is 0 Å². The molecule has 0 bridgehead atoms. The molecule has 80 valence electrons. The summed E-state index contributed by atoms with van der Waals surface area (Å²) in [4.78, 5) is 13.1. The van der Waals surface area contributed by atoms with Crippen molar-refractivity contribution >= 4 is 5.97 Å². The van der Waals surface area contributed by atoms with E-state index in [1.165, 1.54) is 0 Å². The average Bonchev–Trinajstić information content (AvgIpc) is 2.63. The smallest absolute Gasteiger partial charge is 0.320 e. The zero-order valence-electron chi connectivity index (χ0n) is 8.48. The second-order valence-electron chi connectivity index (χ2n) is 4.27. The molecule has 2 fully saturated rings. The number of aliphatic carboxylic acids is 1. The summed E-state index contributed by atoms with van der Waals surface area (Å²) >= 11 is 0. The van der Waals surface area contributed by atoms with Crippen molar-refractivity contribution in [1.29, 1.82) is 0 Å². The number of carbonyl (C=O) groups is 1. The van der Waals surface area contributed by atoms with Crippen molar-refractivity contribution in [3.05, 3.63) is 0 Å². The van der Waals surface area contributed by atoms with Crippen molar-refractivity contribution in [2.75, 3.05) is 26.3 Å². The predicted molar refractivity (Wildman–Crippen MR) is 51.1 cm³/mol. The number of hydrogen-bond acceptors (Lipinski definition) is 3. The van der Waals surface area contributed by atoms with Crippen molar-refractivity contribution in [2.45, 2.75) is 19.4 Å². The molecule has 0 radical (unpaired) electrons. The molecule has 0 aromatic rings. The SMILES string of the molecule is CC[C@H](C(=O)O)N1C[C@H]2COC[C@@H]2C1. The van der Waals surface area contributed by atoms with Crippen LogP contribution in [-0.4, -0.2) is 48.3 Å². The van der Waals surface area contributed by atoms with Gasteiger partial charge < -0.3 is 9.84 Å². The van der Waals surface area contributed by atoms with E-state index in [0.29, 0.717) is 18.3 Å². The van der Waals surface area contributed by atoms with Crippen molar-refractivity contribution in [2.24, 2.45) is 11.8 Å². The molecule has 0 aromatic carbocycles. The third-order valence-electron chi connectivity index (χ3n) is 3.38. The van der Waals surface area contributed by atoms with Gasteiger partial charge in [0.2, 0.25) is 0 Å². The molecule has 2 heterocycles. The van der Waals surface area contributed by atoms with Crippen LogP contribution >= 0.6 is 0 Å². The van der Waals surface area contributed by atoms with Crippen molar-refractivity contribution in [3.8, 4) is 0 Å². The molecule has 0 amide bonds. The van der Waals surface area contributed by atoms with Crippen molar-refractivity contribution in [3.63, 3.8) is 0 Å². The van der Waals surface area contributed by atoms with Crippen LogP contribution in [0.25, 0.3) is 0 Å². The van der Waals surface area contributed by atoms with Gasteiger partial charge in [-0.2, -0.15) is 0 Å². The molecule has 1 N–H and O–H groups in total. The summed E-state index contributed by atoms with van der Waals surface area (Å²) in [5.74, 6) is 0.459. The summed E-state index contributed by atoms with van der Waals surface area (Å²) < 4.78 is 5.36. The Morgan fingerprint density at radius 3 is 2.50 bits per heavy atom. The summed E-state index contributed by atoms with van der Waals surface area (Å²) in [6.07, 6.45) is 0.690. The fraction of sp³-hybridized carbons (Fsp3) is 0.900. The molecular weight excluding hydrogens is 182 g/mol. The molecule has 2 aliphatic rings. The highest BCUT2D eigenvalue weighted by Crippen LogP contribution is 2.30. The van der Waals surface area contributed by atoms with Gasteiger partial charge >= 0.3 is 5.97 Å². The topological polar surface area (TPSA) is 49.8 Å². The maximum absolute atomic E-state index is 11.0. The zero-order chi connectivity index (χ0) is 10.1. The molecule has 0 aromatic heterocycles. The van der Waals surface area contributed by atoms with Crippen LogP contribution < -0.4 is 0 Å². The second-order valence-corrected chi connectivity index (χ2v) is 4.27. The largest absolute Gasteiger partial charge is 0.480 e. The van der Waals surface area contributed by atoms with E-state index in [1.807, 2.05) is 6.92 Å². The van der Waals surface area contributed by atoms with E-state index < -0.39 is 5.97 Å². The normalized spacial score (nSPS) is 34.4. The lowest BCUT2D eigenvalue weighted by Crippen LogP contribution is -2.40. The molecule has 4 heteroatoms. The van der Waals surface area contributed by atoms with Gasteiger partial charge in [0.15, 0.2) is 0 Å². The van der Waals surface area contributed by atoms with Crippen molar-refractivity contribution in [1.82, 2.24) is 4.90 Å². The van der Waals surface area contributed by atoms with Gasteiger partial charge in [-0.15, -0.1) is 0 Å². The van der Waals surface area contributed by atoms with E-state index >= 15 is 0 Å². The molecule has 0 unspecified atom stereocenters. The maximum atomic E-state index is 11.0. The Labute approximate surface area is 83.8 Å². The number of carboxylic acids is 1. The van der Waals surface area contributed by atoms with Gasteiger partial charge in [0, 0.05) is 24.9 Å². The van der Waals surface area contributed by atoms with Crippen LogP contribution in [0.15, 0.2) is 0 Å². The number of carboxylic acid groups (broad SMARTS) is 1. The summed E-state index contributed by atoms with van der Waals surface area (Å²) in [7, 11) is 0. The monoisotopic (exact) mass is 199 g/mol. The Kier molecular flexibility index (Phi) is 2.74. The summed E-state index contributed by atoms with van der Waals surface area (Å²) in [5, 5.41) is 9.02. The summed E-state index contributed by atoms with van der Waals surface area (Å²) in [6.45, 7) is 5.36. The van der Waals surface area contributed by atoms with Gasteiger partial charge in [0.05, 0.1) is 13.2 Å². The Balaban J connectivity index is 1.97. The third-order valence-corrected chi connectivity index (χ3v) is 3.38. The van der Waals surface area contributed by atoms with Crippen LogP contribution in [0, 0.1) is 11.8 Å². The molecular formula is C10H17NO3. The van der Waals surface area contributed by atoms with E-state index in [9.17, 15) is 4.79 Å². The van der Waals surface area contributed by atoms with Gasteiger partial charge in [0.25, 0.3) is 0 Å². The van der Waals surface area contributed by atoms with Gasteiger partial charge in [0.1, 0.15) is 6.04 Å². The highest BCUT2D eigenvalue weighted by atomic mass is 16.5. The third kappa shape index (κ3) is 1.64. The lowest BCUT2D eigenvalue weighted by Gasteiger charge is -2.23. The lowest BCUT2D eigenvalue weighted by molar-refractivity contribution is -0.143. The van der Waals surface area contributed by atoms with Crippen LogP contribution in [0.2, 0.25) is 0 Å². The number of nitrogens with zero attached hydrogens (tertiary/aromatic N) is 1. The highest BCUT2D eigenvalue weighted by Gasteiger charge is 2.40. The first kappa shape index (κ1) is 9.93. The number of ether oxygens (including phenoxy) is 1. The first-order chi connectivity index (χ1) is 6.72. The Hall–Kier alpha value is -0.610. The van der Waals surface area contributed by atoms with Crippen LogP contribution in [0.3, 0.4) is 0 Å². The van der Waals surface area contributed by atoms with Crippen molar-refractivity contribution < 1.29 is 14.6 Å². The average molecular weight is 199 g/mol. The standard InChI is InChI=1S/C10H17NO3/c1-2-9(10(12)13)11-3-7-5-14-6-8(7)4-11/h7-9H,2-6H2,1H3,(H,12,13)/t7-,8-,9+/m0/s1. The quantitative estimate of drug-likeness (QED) is 0.716. The number of hydrogen-bond donors (Lipinski definition) is 1. The molecule has 0 saturated carbocycles. The lowest BCUT2D eigenvalue weighted by atomic mass is 10.0. The minimum Gasteiger partial charge on any atom is -0.480 e. The highest BCUT2D eigenvalue weighted by molar-refractivity contribution is 5.73. The Morgan fingerprint density at radius 1 is 1.50 bits per heavy atom. The minimum absolute atomic E-state index is 0.291. The van der Waals surface area contributed by atoms with E-state index in [1.54, 1.807) is 0 Å². The maximum Gasteiger partial charge on any atom is 0.320 e. The first-order valence-corrected chi connectivity index (χ1v) is 5.27.